The second-order valence-electron chi connectivity index (χ2n) is 5.73. The number of benzene rings is 1. The van der Waals surface area contributed by atoms with E-state index in [2.05, 4.69) is 11.0 Å². The summed E-state index contributed by atoms with van der Waals surface area (Å²) < 4.78 is 0. The first-order chi connectivity index (χ1) is 8.76. The molecule has 0 atom stereocenters. The molecule has 1 aromatic rings. The summed E-state index contributed by atoms with van der Waals surface area (Å²) in [5, 5.41) is 9.85. The molecule has 2 nitrogen and oxygen atoms in total. The van der Waals surface area contributed by atoms with E-state index in [1.54, 1.807) is 0 Å². The fourth-order valence-electron chi connectivity index (χ4n) is 2.37. The number of nitrogens with zero attached hydrogens (tertiary/aromatic N) is 1. The molecular formula is C15H20ClNO. The molecule has 1 aromatic carbocycles. The van der Waals surface area contributed by atoms with Crippen LogP contribution in [0, 0.1) is 11.8 Å². The molecule has 2 saturated carbocycles. The van der Waals surface area contributed by atoms with Gasteiger partial charge in [0, 0.05) is 23.8 Å². The quantitative estimate of drug-likeness (QED) is 0.852. The lowest BCUT2D eigenvalue weighted by atomic mass is 10.2. The highest BCUT2D eigenvalue weighted by atomic mass is 35.5. The maximum absolute atomic E-state index is 9.16. The first-order valence-electron chi connectivity index (χ1n) is 6.90. The zero-order valence-corrected chi connectivity index (χ0v) is 11.4. The molecule has 18 heavy (non-hydrogen) atoms. The van der Waals surface area contributed by atoms with Gasteiger partial charge in [-0.3, -0.25) is 0 Å². The van der Waals surface area contributed by atoms with Crippen molar-refractivity contribution in [1.29, 1.82) is 0 Å². The molecule has 2 aliphatic rings. The van der Waals surface area contributed by atoms with Crippen molar-refractivity contribution in [1.82, 2.24) is 0 Å². The molecule has 0 saturated heterocycles. The van der Waals surface area contributed by atoms with Crippen LogP contribution in [-0.4, -0.2) is 18.2 Å². The Morgan fingerprint density at radius 3 is 2.17 bits per heavy atom. The van der Waals surface area contributed by atoms with Gasteiger partial charge in [-0.1, -0.05) is 17.7 Å². The Morgan fingerprint density at radius 1 is 1.11 bits per heavy atom. The van der Waals surface area contributed by atoms with Gasteiger partial charge in [-0.05, 0) is 55.2 Å². The van der Waals surface area contributed by atoms with E-state index in [9.17, 15) is 0 Å². The number of hydrogen-bond donors (Lipinski definition) is 1. The average molecular weight is 266 g/mol. The van der Waals surface area contributed by atoms with Crippen molar-refractivity contribution in [2.45, 2.75) is 32.3 Å². The van der Waals surface area contributed by atoms with Crippen molar-refractivity contribution in [2.24, 2.45) is 11.8 Å². The van der Waals surface area contributed by atoms with Crippen LogP contribution in [0.25, 0.3) is 0 Å². The first kappa shape index (κ1) is 12.3. The van der Waals surface area contributed by atoms with Crippen LogP contribution in [0.4, 0.5) is 5.69 Å². The maximum Gasteiger partial charge on any atom is 0.0696 e. The Hall–Kier alpha value is -0.730. The second-order valence-corrected chi connectivity index (χ2v) is 6.13. The van der Waals surface area contributed by atoms with E-state index >= 15 is 0 Å². The summed E-state index contributed by atoms with van der Waals surface area (Å²) in [5.41, 5.74) is 2.04. The number of rotatable bonds is 6. The van der Waals surface area contributed by atoms with E-state index in [1.165, 1.54) is 44.5 Å². The van der Waals surface area contributed by atoms with Crippen LogP contribution < -0.4 is 4.90 Å². The van der Waals surface area contributed by atoms with Crippen LogP contribution in [0.5, 0.6) is 0 Å². The minimum atomic E-state index is 0.0182. The molecule has 3 rings (SSSR count). The molecule has 2 fully saturated rings. The summed E-state index contributed by atoms with van der Waals surface area (Å²) in [4.78, 5) is 2.49. The molecule has 0 radical (unpaired) electrons. The summed E-state index contributed by atoms with van der Waals surface area (Å²) in [6.07, 6.45) is 5.51. The van der Waals surface area contributed by atoms with Crippen LogP contribution in [0.3, 0.4) is 0 Å². The number of halogens is 1. The summed E-state index contributed by atoms with van der Waals surface area (Å²) in [5.74, 6) is 1.78. The van der Waals surface area contributed by atoms with Crippen molar-refractivity contribution in [3.05, 3.63) is 28.8 Å². The van der Waals surface area contributed by atoms with E-state index in [-0.39, 0.29) is 6.61 Å². The van der Waals surface area contributed by atoms with E-state index in [0.717, 1.165) is 17.4 Å². The van der Waals surface area contributed by atoms with Gasteiger partial charge in [0.1, 0.15) is 0 Å². The van der Waals surface area contributed by atoms with Gasteiger partial charge in [0.05, 0.1) is 6.61 Å². The lowest BCUT2D eigenvalue weighted by Crippen LogP contribution is -2.28. The third-order valence-electron chi connectivity index (χ3n) is 3.92. The van der Waals surface area contributed by atoms with Gasteiger partial charge in [0.15, 0.2) is 0 Å². The van der Waals surface area contributed by atoms with Gasteiger partial charge in [-0.2, -0.15) is 0 Å². The monoisotopic (exact) mass is 265 g/mol. The van der Waals surface area contributed by atoms with Crippen molar-refractivity contribution in [3.8, 4) is 0 Å². The third-order valence-corrected chi connectivity index (χ3v) is 4.28. The van der Waals surface area contributed by atoms with Crippen LogP contribution >= 0.6 is 11.6 Å². The molecule has 0 bridgehead atoms. The molecular weight excluding hydrogens is 246 g/mol. The van der Waals surface area contributed by atoms with Crippen molar-refractivity contribution in [2.75, 3.05) is 18.0 Å². The molecule has 0 aromatic heterocycles. The minimum absolute atomic E-state index is 0.0182. The molecule has 0 amide bonds. The molecule has 1 N–H and O–H groups in total. The normalized spacial score (nSPS) is 19.0. The smallest absolute Gasteiger partial charge is 0.0696 e. The fourth-order valence-corrected chi connectivity index (χ4v) is 2.61. The topological polar surface area (TPSA) is 23.5 Å². The average Bonchev–Trinajstić information content (AvgIpc) is 3.23. The van der Waals surface area contributed by atoms with E-state index in [4.69, 9.17) is 16.7 Å². The van der Waals surface area contributed by atoms with Crippen LogP contribution in [-0.2, 0) is 6.61 Å². The highest BCUT2D eigenvalue weighted by molar-refractivity contribution is 6.31. The van der Waals surface area contributed by atoms with Gasteiger partial charge in [-0.25, -0.2) is 0 Å². The van der Waals surface area contributed by atoms with Crippen LogP contribution in [0.15, 0.2) is 18.2 Å². The van der Waals surface area contributed by atoms with Crippen LogP contribution in [0.1, 0.15) is 31.2 Å². The van der Waals surface area contributed by atoms with Crippen molar-refractivity contribution < 1.29 is 5.11 Å². The Kier molecular flexibility index (Phi) is 3.49. The van der Waals surface area contributed by atoms with Gasteiger partial charge in [-0.15, -0.1) is 0 Å². The van der Waals surface area contributed by atoms with E-state index in [0.29, 0.717) is 5.02 Å². The Morgan fingerprint density at radius 2 is 1.72 bits per heavy atom. The predicted octanol–water partition coefficient (Wildman–Crippen LogP) is 3.46. The summed E-state index contributed by atoms with van der Waals surface area (Å²) in [6, 6.07) is 6.06. The molecule has 3 heteroatoms. The molecule has 98 valence electrons. The van der Waals surface area contributed by atoms with Crippen LogP contribution in [0.2, 0.25) is 5.02 Å². The number of hydrogen-bond acceptors (Lipinski definition) is 2. The zero-order chi connectivity index (χ0) is 12.5. The standard InChI is InChI=1S/C15H20ClNO/c16-15-7-14(6-5-13(15)10-18)17(8-11-1-2-11)9-12-3-4-12/h5-7,11-12,18H,1-4,8-10H2. The van der Waals surface area contributed by atoms with Gasteiger partial charge in [0.2, 0.25) is 0 Å². The molecule has 0 heterocycles. The second kappa shape index (κ2) is 5.10. The maximum atomic E-state index is 9.16. The van der Waals surface area contributed by atoms with E-state index < -0.39 is 0 Å². The Balaban J connectivity index is 1.76. The highest BCUT2D eigenvalue weighted by Gasteiger charge is 2.29. The highest BCUT2D eigenvalue weighted by Crippen LogP contribution is 2.36. The zero-order valence-electron chi connectivity index (χ0n) is 10.6. The van der Waals surface area contributed by atoms with Crippen molar-refractivity contribution >= 4 is 17.3 Å². The van der Waals surface area contributed by atoms with Gasteiger partial charge < -0.3 is 10.0 Å². The number of aliphatic hydroxyl groups excluding tert-OH is 1. The number of anilines is 1. The predicted molar refractivity (Wildman–Crippen MR) is 75.0 cm³/mol. The van der Waals surface area contributed by atoms with Crippen molar-refractivity contribution in [3.63, 3.8) is 0 Å². The lowest BCUT2D eigenvalue weighted by molar-refractivity contribution is 0.282. The third kappa shape index (κ3) is 2.99. The first-order valence-corrected chi connectivity index (χ1v) is 7.28. The minimum Gasteiger partial charge on any atom is -0.392 e. The molecule has 0 unspecified atom stereocenters. The number of aliphatic hydroxyl groups is 1. The molecule has 0 aliphatic heterocycles. The lowest BCUT2D eigenvalue weighted by Gasteiger charge is -2.25. The largest absolute Gasteiger partial charge is 0.392 e. The fraction of sp³-hybridized carbons (Fsp3) is 0.600. The Bertz CT molecular complexity index is 413. The van der Waals surface area contributed by atoms with E-state index in [1.807, 2.05) is 12.1 Å². The van der Waals surface area contributed by atoms with Gasteiger partial charge in [0.25, 0.3) is 0 Å². The SMILES string of the molecule is OCc1ccc(N(CC2CC2)CC2CC2)cc1Cl. The summed E-state index contributed by atoms with van der Waals surface area (Å²) in [7, 11) is 0. The summed E-state index contributed by atoms with van der Waals surface area (Å²) >= 11 is 6.19. The van der Waals surface area contributed by atoms with Gasteiger partial charge >= 0.3 is 0 Å². The molecule has 2 aliphatic carbocycles. The molecule has 0 spiro atoms. The summed E-state index contributed by atoms with van der Waals surface area (Å²) in [6.45, 7) is 2.36. The Labute approximate surface area is 114 Å².